The van der Waals surface area contributed by atoms with Gasteiger partial charge in [-0.25, -0.2) is 14.6 Å². The van der Waals surface area contributed by atoms with Gasteiger partial charge >= 0.3 is 12.2 Å². The monoisotopic (exact) mass is 867 g/mol. The zero-order valence-electron chi connectivity index (χ0n) is 36.7. The summed E-state index contributed by atoms with van der Waals surface area (Å²) in [5.41, 5.74) is 8.48. The van der Waals surface area contributed by atoms with E-state index in [-0.39, 0.29) is 35.7 Å². The zero-order valence-corrected chi connectivity index (χ0v) is 36.7. The summed E-state index contributed by atoms with van der Waals surface area (Å²) in [6.45, 7) is 5.74. The Bertz CT molecular complexity index is 2640. The number of methoxy groups -OCH3 is 3. The van der Waals surface area contributed by atoms with Crippen LogP contribution in [0.1, 0.15) is 67.7 Å². The summed E-state index contributed by atoms with van der Waals surface area (Å²) in [5.74, 6) is 1.11. The fourth-order valence-corrected chi connectivity index (χ4v) is 9.85. The Labute approximate surface area is 371 Å². The minimum atomic E-state index is -0.927. The van der Waals surface area contributed by atoms with Crippen molar-refractivity contribution in [2.45, 2.75) is 70.3 Å². The van der Waals surface area contributed by atoms with Gasteiger partial charge in [-0.3, -0.25) is 14.6 Å². The first-order chi connectivity index (χ1) is 31.0. The van der Waals surface area contributed by atoms with Crippen molar-refractivity contribution in [2.75, 3.05) is 41.0 Å². The van der Waals surface area contributed by atoms with Gasteiger partial charge in [0.15, 0.2) is 0 Å². The van der Waals surface area contributed by atoms with E-state index >= 15 is 0 Å². The van der Waals surface area contributed by atoms with Crippen LogP contribution >= 0.6 is 0 Å². The highest BCUT2D eigenvalue weighted by Crippen LogP contribution is 2.45. The molecule has 2 saturated heterocycles. The fourth-order valence-electron chi connectivity index (χ4n) is 9.85. The van der Waals surface area contributed by atoms with Crippen molar-refractivity contribution in [3.63, 3.8) is 0 Å². The Morgan fingerprint density at radius 2 is 1.69 bits per heavy atom. The number of likely N-dealkylation sites (tertiary alicyclic amines) is 2. The summed E-state index contributed by atoms with van der Waals surface area (Å²) in [4.78, 5) is 69.7. The number of H-pyrrole nitrogens is 1. The summed E-state index contributed by atoms with van der Waals surface area (Å²) in [7, 11) is 4.25. The third-order valence-electron chi connectivity index (χ3n) is 13.0. The van der Waals surface area contributed by atoms with Crippen LogP contribution in [0.25, 0.3) is 33.2 Å². The van der Waals surface area contributed by atoms with Gasteiger partial charge in [0.1, 0.15) is 30.3 Å². The van der Waals surface area contributed by atoms with E-state index in [0.717, 1.165) is 74.3 Å². The lowest BCUT2D eigenvalue weighted by molar-refractivity contribution is -0.135. The number of aromatic amines is 1. The van der Waals surface area contributed by atoms with Crippen molar-refractivity contribution in [1.82, 2.24) is 30.4 Å². The second-order valence-electron chi connectivity index (χ2n) is 17.3. The van der Waals surface area contributed by atoms with Crippen LogP contribution in [-0.4, -0.2) is 103 Å². The fraction of sp³-hybridized carbons (Fsp3) is 0.388. The molecule has 0 spiro atoms. The molecular formula is C49H53N7O8. The Balaban J connectivity index is 0.944. The van der Waals surface area contributed by atoms with Crippen molar-refractivity contribution >= 4 is 46.2 Å². The van der Waals surface area contributed by atoms with Crippen molar-refractivity contribution in [3.05, 3.63) is 102 Å². The maximum Gasteiger partial charge on any atom is 0.407 e. The van der Waals surface area contributed by atoms with Crippen molar-refractivity contribution in [3.8, 4) is 28.1 Å². The molecule has 4 amide bonds. The average molecular weight is 868 g/mol. The molecule has 5 heterocycles. The molecule has 4 aliphatic rings. The number of fused-ring (bicyclic) bond motifs is 6. The molecular weight excluding hydrogens is 815 g/mol. The van der Waals surface area contributed by atoms with Crippen molar-refractivity contribution < 1.29 is 38.1 Å². The van der Waals surface area contributed by atoms with Crippen LogP contribution in [0.15, 0.2) is 84.0 Å². The first kappa shape index (κ1) is 42.6. The number of nitrogens with zero attached hydrogens (tertiary/aromatic N) is 4. The number of rotatable bonds is 11. The predicted octanol–water partition coefficient (Wildman–Crippen LogP) is 7.42. The van der Waals surface area contributed by atoms with E-state index in [9.17, 15) is 19.2 Å². The number of carbonyl (C=O) groups excluding carboxylic acids is 4. The van der Waals surface area contributed by atoms with Gasteiger partial charge in [0.25, 0.3) is 0 Å². The second-order valence-corrected chi connectivity index (χ2v) is 17.3. The topological polar surface area (TPSA) is 177 Å². The molecule has 332 valence electrons. The summed E-state index contributed by atoms with van der Waals surface area (Å²) in [6.07, 6.45) is 3.36. The lowest BCUT2D eigenvalue weighted by Crippen LogP contribution is -2.51. The molecule has 5 aromatic rings. The average Bonchev–Trinajstić information content (AvgIpc) is 4.15. The number of aliphatic imine (C=N–C) groups is 1. The van der Waals surface area contributed by atoms with Gasteiger partial charge in [-0.05, 0) is 88.0 Å². The summed E-state index contributed by atoms with van der Waals surface area (Å²) in [6, 6.07) is 21.9. The number of imidazole rings is 1. The van der Waals surface area contributed by atoms with E-state index in [0.29, 0.717) is 50.5 Å². The summed E-state index contributed by atoms with van der Waals surface area (Å²) >= 11 is 0. The van der Waals surface area contributed by atoms with E-state index in [1.54, 1.807) is 7.11 Å². The van der Waals surface area contributed by atoms with Gasteiger partial charge < -0.3 is 44.4 Å². The summed E-state index contributed by atoms with van der Waals surface area (Å²) in [5, 5.41) is 7.59. The van der Waals surface area contributed by atoms with Gasteiger partial charge in [-0.1, -0.05) is 62.4 Å². The predicted molar refractivity (Wildman–Crippen MR) is 240 cm³/mol. The Kier molecular flexibility index (Phi) is 11.8. The first-order valence-corrected chi connectivity index (χ1v) is 21.9. The SMILES string of the molecule is COC[C@@H]1C[C@@H](C2=Nc3ccc4cc5c(cc4c3C2)OCc2cc(-c3cnc([C@@H]4CCCN4C(=O)[C@@H](NC(=O)OC)C(C)C)[nH]3)ccc2-5)N(C(=O)[C@H](NC(=O)OC)c2ccccc2)C1. The number of nitrogens with one attached hydrogen (secondary N) is 3. The number of hydrogen-bond acceptors (Lipinski definition) is 10. The molecule has 4 aromatic carbocycles. The van der Waals surface area contributed by atoms with Crippen LogP contribution in [0.2, 0.25) is 0 Å². The summed E-state index contributed by atoms with van der Waals surface area (Å²) < 4.78 is 21.7. The van der Waals surface area contributed by atoms with Crippen LogP contribution in [-0.2, 0) is 36.8 Å². The number of carbonyl (C=O) groups is 4. The minimum Gasteiger partial charge on any atom is -0.488 e. The van der Waals surface area contributed by atoms with Crippen molar-refractivity contribution in [1.29, 1.82) is 0 Å². The smallest absolute Gasteiger partial charge is 0.407 e. The Morgan fingerprint density at radius 3 is 2.45 bits per heavy atom. The van der Waals surface area contributed by atoms with E-state index in [4.69, 9.17) is 28.9 Å². The highest BCUT2D eigenvalue weighted by molar-refractivity contribution is 6.07. The number of hydrogen-bond donors (Lipinski definition) is 3. The van der Waals surface area contributed by atoms with Crippen LogP contribution in [0, 0.1) is 11.8 Å². The molecule has 15 heteroatoms. The number of benzene rings is 4. The Morgan fingerprint density at radius 1 is 0.891 bits per heavy atom. The zero-order chi connectivity index (χ0) is 44.6. The minimum absolute atomic E-state index is 0.0992. The van der Waals surface area contributed by atoms with E-state index < -0.39 is 24.3 Å². The van der Waals surface area contributed by atoms with Gasteiger partial charge in [0.05, 0.1) is 50.5 Å². The molecule has 1 aromatic heterocycles. The highest BCUT2D eigenvalue weighted by Gasteiger charge is 2.43. The maximum absolute atomic E-state index is 14.4. The molecule has 0 radical (unpaired) electrons. The molecule has 64 heavy (non-hydrogen) atoms. The van der Waals surface area contributed by atoms with Gasteiger partial charge in [0, 0.05) is 43.8 Å². The van der Waals surface area contributed by atoms with Gasteiger partial charge in [0.2, 0.25) is 11.8 Å². The van der Waals surface area contributed by atoms with Crippen LogP contribution in [0.4, 0.5) is 15.3 Å². The molecule has 15 nitrogen and oxygen atoms in total. The van der Waals surface area contributed by atoms with Crippen LogP contribution in [0.5, 0.6) is 5.75 Å². The molecule has 4 aliphatic heterocycles. The molecule has 0 unspecified atom stereocenters. The first-order valence-electron chi connectivity index (χ1n) is 21.9. The molecule has 0 bridgehead atoms. The third-order valence-corrected chi connectivity index (χ3v) is 13.0. The van der Waals surface area contributed by atoms with E-state index in [1.807, 2.05) is 60.2 Å². The van der Waals surface area contributed by atoms with Crippen molar-refractivity contribution in [2.24, 2.45) is 16.8 Å². The molecule has 3 N–H and O–H groups in total. The largest absolute Gasteiger partial charge is 0.488 e. The molecule has 0 aliphatic carbocycles. The van der Waals surface area contributed by atoms with Gasteiger partial charge in [-0.15, -0.1) is 0 Å². The maximum atomic E-state index is 14.4. The number of amides is 4. The third kappa shape index (κ3) is 8.04. The number of aromatic nitrogens is 2. The molecule has 2 fully saturated rings. The molecule has 9 rings (SSSR count). The second kappa shape index (κ2) is 17.8. The van der Waals surface area contributed by atoms with E-state index in [1.165, 1.54) is 14.2 Å². The lowest BCUT2D eigenvalue weighted by Gasteiger charge is -2.30. The number of ether oxygens (including phenoxy) is 4. The number of alkyl carbamates (subject to hydrolysis) is 2. The quantitative estimate of drug-likeness (QED) is 0.122. The lowest BCUT2D eigenvalue weighted by atomic mass is 9.90. The molecule has 0 saturated carbocycles. The Hall–Kier alpha value is -6.74. The van der Waals surface area contributed by atoms with Crippen LogP contribution in [0.3, 0.4) is 0 Å². The normalized spacial score (nSPS) is 19.6. The van der Waals surface area contributed by atoms with E-state index in [2.05, 4.69) is 58.1 Å². The molecule has 5 atom stereocenters. The highest BCUT2D eigenvalue weighted by atomic mass is 16.5. The van der Waals surface area contributed by atoms with Gasteiger partial charge in [-0.2, -0.15) is 0 Å². The van der Waals surface area contributed by atoms with Crippen LogP contribution < -0.4 is 15.4 Å². The standard InChI is InChI=1S/C49H53N7O8/c1-27(2)43(53-48(59)62-4)46(57)55-17-9-12-40(55)45-50-23-39(52-45)31-13-15-33-32(19-31)26-64-42-22-34-30(20-36(33)42)14-16-37-35(34)21-38(51-37)41-18-28(25-61-3)24-56(41)47(58)44(54-49(60)63-5)29-10-7-6-8-11-29/h6-8,10-11,13-16,19-20,22-23,27-28,40-41,43-44H,9,12,17-18,21,24-26H2,1-5H3,(H,50,52)(H,53,59)(H,54,60)/t28-,40+,41+,43+,44-/m1/s1.